The Hall–Kier alpha value is -1.56. The highest BCUT2D eigenvalue weighted by molar-refractivity contribution is 5.85. The molecule has 0 aliphatic carbocycles. The highest BCUT2D eigenvalue weighted by atomic mass is 16.4. The zero-order valence-corrected chi connectivity index (χ0v) is 9.55. The number of carboxylic acids is 1. The average Bonchev–Trinajstić information content (AvgIpc) is 2.62. The monoisotopic (exact) mass is 224 g/mol. The topological polar surface area (TPSA) is 61.6 Å². The molecule has 1 aromatic rings. The smallest absolute Gasteiger partial charge is 0.356 e. The Labute approximate surface area is 94.1 Å². The second kappa shape index (κ2) is 4.13. The van der Waals surface area contributed by atoms with Crippen molar-refractivity contribution < 1.29 is 9.90 Å². The third kappa shape index (κ3) is 2.01. The van der Waals surface area contributed by atoms with E-state index in [1.807, 2.05) is 7.05 Å². The van der Waals surface area contributed by atoms with Crippen molar-refractivity contribution in [3.8, 4) is 0 Å². The van der Waals surface area contributed by atoms with Gasteiger partial charge in [0.05, 0.1) is 0 Å². The van der Waals surface area contributed by atoms with Gasteiger partial charge in [-0.3, -0.25) is 0 Å². The lowest BCUT2D eigenvalue weighted by Crippen LogP contribution is -2.45. The van der Waals surface area contributed by atoms with Gasteiger partial charge < -0.3 is 19.5 Å². The van der Waals surface area contributed by atoms with E-state index in [-0.39, 0.29) is 5.69 Å². The van der Waals surface area contributed by atoms with Crippen LogP contribution >= 0.6 is 0 Å². The Kier molecular flexibility index (Phi) is 2.82. The number of imidazole rings is 1. The normalized spacial score (nSPS) is 17.8. The van der Waals surface area contributed by atoms with E-state index in [0.717, 1.165) is 32.1 Å². The molecule has 0 unspecified atom stereocenters. The molecule has 2 rings (SSSR count). The molecule has 1 aromatic heterocycles. The standard InChI is InChI=1S/C10H16N4O2/c1-12-3-5-14(6-4-12)10-11-8(9(15)16)7-13(10)2/h7H,3-6H2,1-2H3,(H,15,16). The molecule has 1 aliphatic heterocycles. The highest BCUT2D eigenvalue weighted by Crippen LogP contribution is 2.14. The van der Waals surface area contributed by atoms with E-state index in [1.54, 1.807) is 10.8 Å². The maximum absolute atomic E-state index is 10.8. The molecule has 1 N–H and O–H groups in total. The van der Waals surface area contributed by atoms with E-state index in [0.29, 0.717) is 0 Å². The molecule has 1 fully saturated rings. The summed E-state index contributed by atoms with van der Waals surface area (Å²) >= 11 is 0. The number of rotatable bonds is 2. The van der Waals surface area contributed by atoms with Gasteiger partial charge in [-0.1, -0.05) is 0 Å². The van der Waals surface area contributed by atoms with Gasteiger partial charge >= 0.3 is 5.97 Å². The molecule has 1 aliphatic rings. The lowest BCUT2D eigenvalue weighted by Gasteiger charge is -2.32. The van der Waals surface area contributed by atoms with Gasteiger partial charge in [0.1, 0.15) is 0 Å². The van der Waals surface area contributed by atoms with Gasteiger partial charge in [0.15, 0.2) is 5.69 Å². The number of nitrogens with zero attached hydrogens (tertiary/aromatic N) is 4. The fourth-order valence-corrected chi connectivity index (χ4v) is 1.86. The fourth-order valence-electron chi connectivity index (χ4n) is 1.86. The Balaban J connectivity index is 2.17. The van der Waals surface area contributed by atoms with Gasteiger partial charge in [0.25, 0.3) is 0 Å². The number of piperazine rings is 1. The Morgan fingerprint density at radius 1 is 1.31 bits per heavy atom. The Morgan fingerprint density at radius 3 is 2.44 bits per heavy atom. The van der Waals surface area contributed by atoms with Crippen molar-refractivity contribution in [3.63, 3.8) is 0 Å². The molecular formula is C10H16N4O2. The first-order valence-corrected chi connectivity index (χ1v) is 5.28. The molecule has 1 saturated heterocycles. The van der Waals surface area contributed by atoms with E-state index < -0.39 is 5.97 Å². The Bertz CT molecular complexity index is 394. The molecule has 0 amide bonds. The van der Waals surface area contributed by atoms with Crippen LogP contribution in [0.25, 0.3) is 0 Å². The minimum absolute atomic E-state index is 0.108. The summed E-state index contributed by atoms with van der Waals surface area (Å²) < 4.78 is 1.77. The van der Waals surface area contributed by atoms with Crippen LogP contribution < -0.4 is 4.90 Å². The second-order valence-electron chi connectivity index (χ2n) is 4.13. The number of hydrogen-bond donors (Lipinski definition) is 1. The molecule has 0 atom stereocenters. The molecule has 6 heteroatoms. The summed E-state index contributed by atoms with van der Waals surface area (Å²) in [6, 6.07) is 0. The summed E-state index contributed by atoms with van der Waals surface area (Å²) in [5, 5.41) is 8.86. The predicted molar refractivity (Wildman–Crippen MR) is 59.9 cm³/mol. The van der Waals surface area contributed by atoms with Gasteiger partial charge in [0.2, 0.25) is 5.95 Å². The summed E-state index contributed by atoms with van der Waals surface area (Å²) in [5.74, 6) is -0.235. The molecule has 0 spiro atoms. The van der Waals surface area contributed by atoms with E-state index in [4.69, 9.17) is 5.11 Å². The number of aryl methyl sites for hydroxylation is 1. The van der Waals surface area contributed by atoms with E-state index in [2.05, 4.69) is 21.8 Å². The average molecular weight is 224 g/mol. The minimum Gasteiger partial charge on any atom is -0.476 e. The van der Waals surface area contributed by atoms with Gasteiger partial charge in [-0.05, 0) is 7.05 Å². The molecule has 88 valence electrons. The molecule has 6 nitrogen and oxygen atoms in total. The summed E-state index contributed by atoms with van der Waals surface area (Å²) in [7, 11) is 3.91. The van der Waals surface area contributed by atoms with Gasteiger partial charge in [-0.15, -0.1) is 0 Å². The zero-order valence-electron chi connectivity index (χ0n) is 9.55. The second-order valence-corrected chi connectivity index (χ2v) is 4.13. The van der Waals surface area contributed by atoms with Crippen LogP contribution in [0.5, 0.6) is 0 Å². The van der Waals surface area contributed by atoms with Crippen LogP contribution in [0.3, 0.4) is 0 Å². The minimum atomic E-state index is -0.976. The quantitative estimate of drug-likeness (QED) is 0.758. The first kappa shape index (κ1) is 10.9. The van der Waals surface area contributed by atoms with Crippen molar-refractivity contribution in [3.05, 3.63) is 11.9 Å². The molecular weight excluding hydrogens is 208 g/mol. The lowest BCUT2D eigenvalue weighted by atomic mass is 10.3. The van der Waals surface area contributed by atoms with Crippen LogP contribution in [0, 0.1) is 0 Å². The van der Waals surface area contributed by atoms with Crippen molar-refractivity contribution >= 4 is 11.9 Å². The highest BCUT2D eigenvalue weighted by Gasteiger charge is 2.20. The first-order valence-electron chi connectivity index (χ1n) is 5.28. The SMILES string of the molecule is CN1CCN(c2nc(C(=O)O)cn2C)CC1. The Morgan fingerprint density at radius 2 is 1.94 bits per heavy atom. The number of carbonyl (C=O) groups is 1. The molecule has 0 saturated carbocycles. The number of hydrogen-bond acceptors (Lipinski definition) is 4. The van der Waals surface area contributed by atoms with Gasteiger partial charge in [-0.25, -0.2) is 9.78 Å². The van der Waals surface area contributed by atoms with E-state index >= 15 is 0 Å². The van der Waals surface area contributed by atoms with Gasteiger partial charge in [0, 0.05) is 39.4 Å². The van der Waals surface area contributed by atoms with Crippen LogP contribution in [0.4, 0.5) is 5.95 Å². The maximum atomic E-state index is 10.8. The zero-order chi connectivity index (χ0) is 11.7. The summed E-state index contributed by atoms with van der Waals surface area (Å²) in [6.07, 6.45) is 1.55. The van der Waals surface area contributed by atoms with Crippen LogP contribution in [-0.2, 0) is 7.05 Å². The molecule has 0 aromatic carbocycles. The van der Waals surface area contributed by atoms with Crippen molar-refractivity contribution in [2.75, 3.05) is 38.1 Å². The lowest BCUT2D eigenvalue weighted by molar-refractivity contribution is 0.0691. The summed E-state index contributed by atoms with van der Waals surface area (Å²) in [4.78, 5) is 19.3. The van der Waals surface area contributed by atoms with Crippen LogP contribution in [0.1, 0.15) is 10.5 Å². The summed E-state index contributed by atoms with van der Waals surface area (Å²) in [5.41, 5.74) is 0.108. The number of anilines is 1. The maximum Gasteiger partial charge on any atom is 0.356 e. The van der Waals surface area contributed by atoms with E-state index in [9.17, 15) is 4.79 Å². The third-order valence-corrected chi connectivity index (χ3v) is 2.86. The number of carboxylic acid groups (broad SMARTS) is 1. The van der Waals surface area contributed by atoms with Gasteiger partial charge in [-0.2, -0.15) is 0 Å². The molecule has 0 bridgehead atoms. The number of likely N-dealkylation sites (N-methyl/N-ethyl adjacent to an activating group) is 1. The fraction of sp³-hybridized carbons (Fsp3) is 0.600. The molecule has 2 heterocycles. The van der Waals surface area contributed by atoms with Crippen molar-refractivity contribution in [1.29, 1.82) is 0 Å². The first-order chi connectivity index (χ1) is 7.58. The van der Waals surface area contributed by atoms with Crippen molar-refractivity contribution in [2.45, 2.75) is 0 Å². The third-order valence-electron chi connectivity index (χ3n) is 2.86. The van der Waals surface area contributed by atoms with Crippen molar-refractivity contribution in [2.24, 2.45) is 7.05 Å². The molecule has 16 heavy (non-hydrogen) atoms. The number of aromatic nitrogens is 2. The van der Waals surface area contributed by atoms with Crippen molar-refractivity contribution in [1.82, 2.24) is 14.5 Å². The predicted octanol–water partition coefficient (Wildman–Crippen LogP) is -0.130. The van der Waals surface area contributed by atoms with Crippen LogP contribution in [0.15, 0.2) is 6.20 Å². The number of aromatic carboxylic acids is 1. The van der Waals surface area contributed by atoms with E-state index in [1.165, 1.54) is 0 Å². The largest absolute Gasteiger partial charge is 0.476 e. The summed E-state index contributed by atoms with van der Waals surface area (Å²) in [6.45, 7) is 3.74. The van der Waals surface area contributed by atoms with Crippen LogP contribution in [-0.4, -0.2) is 58.8 Å². The molecule has 0 radical (unpaired) electrons. The van der Waals surface area contributed by atoms with Crippen LogP contribution in [0.2, 0.25) is 0 Å².